The van der Waals surface area contributed by atoms with Crippen LogP contribution in [-0.2, 0) is 16.8 Å². The average molecular weight is 723 g/mol. The number of aliphatic carboxylic acids is 1. The number of aromatic nitrogens is 1. The van der Waals surface area contributed by atoms with E-state index >= 15 is 0 Å². The first kappa shape index (κ1) is 38.3. The van der Waals surface area contributed by atoms with E-state index in [4.69, 9.17) is 27.4 Å². The monoisotopic (exact) mass is 722 g/mol. The number of nitrogens with zero attached hydrogens (tertiary/aromatic N) is 1. The van der Waals surface area contributed by atoms with Crippen molar-refractivity contribution in [2.45, 2.75) is 62.8 Å². The summed E-state index contributed by atoms with van der Waals surface area (Å²) in [5, 5.41) is 30.8. The van der Waals surface area contributed by atoms with Crippen molar-refractivity contribution < 1.29 is 20.1 Å². The van der Waals surface area contributed by atoms with Crippen molar-refractivity contribution in [3.05, 3.63) is 148 Å². The molecular weight excluding hydrogens is 676 g/mol. The number of nitrogens with two attached hydrogens (primary N) is 1. The van der Waals surface area contributed by atoms with Crippen LogP contribution in [0.15, 0.2) is 109 Å². The van der Waals surface area contributed by atoms with Gasteiger partial charge in [0.15, 0.2) is 0 Å². The van der Waals surface area contributed by atoms with Gasteiger partial charge in [-0.25, -0.2) is 4.98 Å². The molecule has 0 unspecified atom stereocenters. The van der Waals surface area contributed by atoms with Gasteiger partial charge >= 0.3 is 5.97 Å². The smallest absolute Gasteiger partial charge is 0.303 e. The molecule has 266 valence electrons. The van der Waals surface area contributed by atoms with E-state index in [1.165, 1.54) is 5.56 Å². The Labute approximate surface area is 310 Å². The summed E-state index contributed by atoms with van der Waals surface area (Å²) in [5.41, 5.74) is 11.7. The second-order valence-corrected chi connectivity index (χ2v) is 15.5. The van der Waals surface area contributed by atoms with Crippen molar-refractivity contribution in [2.24, 2.45) is 11.1 Å². The molecule has 0 amide bonds. The SMILES string of the molecule is CC(C)(O)c1ccccc1CC[C@@H](SCC1(CC(=O)O)CC1)c1cccc(/C=C/c2ccc3ccc(Cl)cc3n2)c1.N[C@H](CO)c1ccccc1. The number of carboxylic acids is 1. The number of fused-ring (bicyclic) bond motifs is 1. The zero-order valence-corrected chi connectivity index (χ0v) is 30.8. The third-order valence-electron chi connectivity index (χ3n) is 9.26. The molecule has 6 nitrogen and oxygen atoms in total. The Morgan fingerprint density at radius 3 is 2.35 bits per heavy atom. The molecule has 8 heteroatoms. The van der Waals surface area contributed by atoms with E-state index in [1.807, 2.05) is 104 Å². The number of aliphatic hydroxyl groups is 2. The highest BCUT2D eigenvalue weighted by atomic mass is 35.5. The van der Waals surface area contributed by atoms with Gasteiger partial charge in [0.2, 0.25) is 0 Å². The molecule has 1 heterocycles. The molecule has 0 bridgehead atoms. The minimum atomic E-state index is -0.911. The summed E-state index contributed by atoms with van der Waals surface area (Å²) < 4.78 is 0. The van der Waals surface area contributed by atoms with Gasteiger partial charge < -0.3 is 21.1 Å². The highest BCUT2D eigenvalue weighted by Crippen LogP contribution is 2.53. The van der Waals surface area contributed by atoms with Gasteiger partial charge in [-0.15, -0.1) is 0 Å². The van der Waals surface area contributed by atoms with E-state index in [-0.39, 0.29) is 29.7 Å². The predicted octanol–water partition coefficient (Wildman–Crippen LogP) is 9.63. The van der Waals surface area contributed by atoms with Gasteiger partial charge in [-0.1, -0.05) is 109 Å². The van der Waals surface area contributed by atoms with Crippen LogP contribution in [0.1, 0.15) is 84.3 Å². The highest BCUT2D eigenvalue weighted by molar-refractivity contribution is 7.99. The van der Waals surface area contributed by atoms with E-state index in [9.17, 15) is 15.0 Å². The number of thioether (sulfide) groups is 1. The van der Waals surface area contributed by atoms with Crippen LogP contribution in [0, 0.1) is 5.41 Å². The zero-order chi connectivity index (χ0) is 36.4. The van der Waals surface area contributed by atoms with E-state index in [0.717, 1.165) is 70.3 Å². The fourth-order valence-electron chi connectivity index (χ4n) is 6.16. The number of aryl methyl sites for hydroxylation is 1. The largest absolute Gasteiger partial charge is 0.481 e. The molecule has 0 aliphatic heterocycles. The molecule has 1 aliphatic rings. The molecule has 1 saturated carbocycles. The number of hydrogen-bond acceptors (Lipinski definition) is 6. The Hall–Kier alpha value is -3.98. The van der Waals surface area contributed by atoms with Crippen molar-refractivity contribution in [3.63, 3.8) is 0 Å². The van der Waals surface area contributed by atoms with Crippen molar-refractivity contribution in [1.82, 2.24) is 4.98 Å². The van der Waals surface area contributed by atoms with Gasteiger partial charge in [0.05, 0.1) is 35.9 Å². The molecule has 0 spiro atoms. The number of rotatable bonds is 14. The molecule has 6 rings (SSSR count). The molecular formula is C43H47ClN2O4S. The number of hydrogen-bond donors (Lipinski definition) is 4. The van der Waals surface area contributed by atoms with E-state index in [0.29, 0.717) is 5.02 Å². The van der Waals surface area contributed by atoms with Gasteiger partial charge in [0, 0.05) is 21.4 Å². The van der Waals surface area contributed by atoms with Crippen LogP contribution >= 0.6 is 23.4 Å². The minimum Gasteiger partial charge on any atom is -0.481 e. The fourth-order valence-corrected chi connectivity index (χ4v) is 7.90. The quantitative estimate of drug-likeness (QED) is 0.0902. The third kappa shape index (κ3) is 11.3. The second-order valence-electron chi connectivity index (χ2n) is 13.9. The number of halogens is 1. The maximum absolute atomic E-state index is 11.5. The lowest BCUT2D eigenvalue weighted by Gasteiger charge is -2.24. The molecule has 0 radical (unpaired) electrons. The number of carboxylic acid groups (broad SMARTS) is 1. The van der Waals surface area contributed by atoms with Gasteiger partial charge in [-0.3, -0.25) is 4.79 Å². The maximum Gasteiger partial charge on any atom is 0.303 e. The second kappa shape index (κ2) is 17.5. The summed E-state index contributed by atoms with van der Waals surface area (Å²) in [6.07, 6.45) is 8.02. The number of pyridine rings is 1. The summed E-state index contributed by atoms with van der Waals surface area (Å²) in [6.45, 7) is 3.66. The summed E-state index contributed by atoms with van der Waals surface area (Å²) in [4.78, 5) is 16.2. The van der Waals surface area contributed by atoms with Crippen molar-refractivity contribution in [1.29, 1.82) is 0 Å². The molecule has 2 atom stereocenters. The molecule has 1 aliphatic carbocycles. The standard InChI is InChI=1S/C35H36ClNO3S.C8H11NO/c1-34(2,40)30-9-4-3-7-25(30)13-17-32(41-23-35(18-19-35)22-33(38)39)27-8-5-6-24(20-27)10-15-29-16-12-26-11-14-28(36)21-31(26)37-29;9-8(6-10)7-4-2-1-3-5-7/h3-12,14-16,20-21,32,40H,13,17-19,22-23H2,1-2H3,(H,38,39);1-5,8,10H,6,9H2/b15-10+;/t32-;8-/m11/s1. The Kier molecular flexibility index (Phi) is 13.1. The molecule has 4 aromatic carbocycles. The van der Waals surface area contributed by atoms with Crippen molar-refractivity contribution in [2.75, 3.05) is 12.4 Å². The molecule has 5 aromatic rings. The number of benzene rings is 4. The highest BCUT2D eigenvalue weighted by Gasteiger charge is 2.44. The van der Waals surface area contributed by atoms with Gasteiger partial charge in [0.1, 0.15) is 0 Å². The van der Waals surface area contributed by atoms with Crippen molar-refractivity contribution in [3.8, 4) is 0 Å². The Morgan fingerprint density at radius 1 is 0.941 bits per heavy atom. The number of aliphatic hydroxyl groups excluding tert-OH is 1. The van der Waals surface area contributed by atoms with Gasteiger partial charge in [0.25, 0.3) is 0 Å². The normalized spacial score (nSPS) is 14.9. The van der Waals surface area contributed by atoms with Crippen LogP contribution in [0.3, 0.4) is 0 Å². The van der Waals surface area contributed by atoms with Crippen LogP contribution < -0.4 is 5.73 Å². The van der Waals surface area contributed by atoms with Gasteiger partial charge in [-0.05, 0) is 97.0 Å². The first-order valence-electron chi connectivity index (χ1n) is 17.3. The minimum absolute atomic E-state index is 0.00398. The first-order valence-corrected chi connectivity index (χ1v) is 18.8. The lowest BCUT2D eigenvalue weighted by atomic mass is 9.90. The predicted molar refractivity (Wildman–Crippen MR) is 212 cm³/mol. The average Bonchev–Trinajstić information content (AvgIpc) is 3.89. The first-order chi connectivity index (χ1) is 24.4. The van der Waals surface area contributed by atoms with Crippen LogP contribution in [0.25, 0.3) is 23.1 Å². The Morgan fingerprint density at radius 2 is 1.65 bits per heavy atom. The lowest BCUT2D eigenvalue weighted by Crippen LogP contribution is -2.18. The van der Waals surface area contributed by atoms with Gasteiger partial charge in [-0.2, -0.15) is 11.8 Å². The molecule has 1 fully saturated rings. The lowest BCUT2D eigenvalue weighted by molar-refractivity contribution is -0.138. The summed E-state index contributed by atoms with van der Waals surface area (Å²) >= 11 is 8.04. The third-order valence-corrected chi connectivity index (χ3v) is 11.2. The van der Waals surface area contributed by atoms with E-state index in [2.05, 4.69) is 42.5 Å². The molecule has 0 saturated heterocycles. The topological polar surface area (TPSA) is 117 Å². The molecule has 51 heavy (non-hydrogen) atoms. The Bertz CT molecular complexity index is 1940. The van der Waals surface area contributed by atoms with Crippen LogP contribution in [-0.4, -0.2) is 38.6 Å². The molecule has 5 N–H and O–H groups in total. The summed E-state index contributed by atoms with van der Waals surface area (Å²) in [5.74, 6) is 0.122. The van der Waals surface area contributed by atoms with Crippen LogP contribution in [0.2, 0.25) is 5.02 Å². The number of carbonyl (C=O) groups is 1. The fraction of sp³-hybridized carbons (Fsp3) is 0.302. The zero-order valence-electron chi connectivity index (χ0n) is 29.2. The maximum atomic E-state index is 11.5. The summed E-state index contributed by atoms with van der Waals surface area (Å²) in [6, 6.07) is 35.8. The summed E-state index contributed by atoms with van der Waals surface area (Å²) in [7, 11) is 0. The van der Waals surface area contributed by atoms with Crippen LogP contribution in [0.5, 0.6) is 0 Å². The van der Waals surface area contributed by atoms with Crippen molar-refractivity contribution >= 4 is 52.4 Å². The molecule has 1 aromatic heterocycles. The van der Waals surface area contributed by atoms with E-state index in [1.54, 1.807) is 0 Å². The van der Waals surface area contributed by atoms with Crippen LogP contribution in [0.4, 0.5) is 0 Å². The van der Waals surface area contributed by atoms with E-state index < -0.39 is 11.6 Å². The Balaban J connectivity index is 0.000000435.